The second-order valence-electron chi connectivity index (χ2n) is 3.90. The molecule has 0 fully saturated rings. The van der Waals surface area contributed by atoms with Gasteiger partial charge >= 0.3 is 5.97 Å². The van der Waals surface area contributed by atoms with E-state index in [0.29, 0.717) is 12.2 Å². The van der Waals surface area contributed by atoms with Crippen molar-refractivity contribution in [2.24, 2.45) is 0 Å². The number of aliphatic hydroxyl groups is 1. The van der Waals surface area contributed by atoms with Crippen molar-refractivity contribution >= 4 is 5.97 Å². The molecule has 2 unspecified atom stereocenters. The Kier molecular flexibility index (Phi) is 6.35. The molecule has 2 atom stereocenters. The van der Waals surface area contributed by atoms with E-state index in [1.54, 1.807) is 24.3 Å². The van der Waals surface area contributed by atoms with Crippen LogP contribution in [0.5, 0.6) is 0 Å². The van der Waals surface area contributed by atoms with Crippen LogP contribution in [0.3, 0.4) is 0 Å². The number of benzene rings is 1. The molecule has 0 radical (unpaired) electrons. The SMILES string of the molecule is CCOCC(O)CNC(C(=O)O)c1ccccc1. The normalized spacial score (nSPS) is 14.1. The minimum atomic E-state index is -0.968. The molecular weight excluding hydrogens is 234 g/mol. The molecule has 0 aromatic heterocycles. The van der Waals surface area contributed by atoms with Gasteiger partial charge in [-0.2, -0.15) is 0 Å². The molecule has 0 aliphatic heterocycles. The predicted molar refractivity (Wildman–Crippen MR) is 67.3 cm³/mol. The summed E-state index contributed by atoms with van der Waals surface area (Å²) in [5, 5.41) is 21.5. The summed E-state index contributed by atoms with van der Waals surface area (Å²) >= 11 is 0. The highest BCUT2D eigenvalue weighted by atomic mass is 16.5. The minimum Gasteiger partial charge on any atom is -0.480 e. The lowest BCUT2D eigenvalue weighted by atomic mass is 10.1. The first kappa shape index (κ1) is 14.6. The summed E-state index contributed by atoms with van der Waals surface area (Å²) in [5.41, 5.74) is 0.661. The summed E-state index contributed by atoms with van der Waals surface area (Å²) in [6.45, 7) is 2.73. The minimum absolute atomic E-state index is 0.172. The van der Waals surface area contributed by atoms with E-state index in [9.17, 15) is 9.90 Å². The van der Waals surface area contributed by atoms with E-state index < -0.39 is 18.1 Å². The van der Waals surface area contributed by atoms with Crippen LogP contribution in [0.15, 0.2) is 30.3 Å². The number of nitrogens with one attached hydrogen (secondary N) is 1. The molecule has 0 bridgehead atoms. The molecule has 0 saturated heterocycles. The van der Waals surface area contributed by atoms with Gasteiger partial charge in [-0.25, -0.2) is 0 Å². The molecule has 0 aliphatic carbocycles. The fourth-order valence-electron chi connectivity index (χ4n) is 1.56. The summed E-state index contributed by atoms with van der Waals surface area (Å²) in [4.78, 5) is 11.2. The molecule has 1 aromatic rings. The zero-order valence-corrected chi connectivity index (χ0v) is 10.4. The highest BCUT2D eigenvalue weighted by Gasteiger charge is 2.19. The van der Waals surface area contributed by atoms with E-state index in [2.05, 4.69) is 5.32 Å². The van der Waals surface area contributed by atoms with Crippen LogP contribution in [0.1, 0.15) is 18.5 Å². The van der Waals surface area contributed by atoms with E-state index in [4.69, 9.17) is 9.84 Å². The van der Waals surface area contributed by atoms with Crippen molar-refractivity contribution in [2.45, 2.75) is 19.1 Å². The molecular formula is C13H19NO4. The average molecular weight is 253 g/mol. The number of rotatable bonds is 8. The first-order valence-corrected chi connectivity index (χ1v) is 5.92. The number of hydrogen-bond donors (Lipinski definition) is 3. The van der Waals surface area contributed by atoms with Crippen molar-refractivity contribution in [1.82, 2.24) is 5.32 Å². The summed E-state index contributed by atoms with van der Waals surface area (Å²) in [6.07, 6.45) is -0.712. The maximum Gasteiger partial charge on any atom is 0.325 e. The molecule has 0 saturated carbocycles. The molecule has 18 heavy (non-hydrogen) atoms. The van der Waals surface area contributed by atoms with Crippen LogP contribution in [-0.2, 0) is 9.53 Å². The monoisotopic (exact) mass is 253 g/mol. The van der Waals surface area contributed by atoms with Crippen LogP contribution in [0.25, 0.3) is 0 Å². The number of ether oxygens (including phenoxy) is 1. The lowest BCUT2D eigenvalue weighted by Crippen LogP contribution is -2.36. The predicted octanol–water partition coefficient (Wildman–Crippen LogP) is 0.799. The zero-order valence-electron chi connectivity index (χ0n) is 10.4. The van der Waals surface area contributed by atoms with Gasteiger partial charge in [0.2, 0.25) is 0 Å². The van der Waals surface area contributed by atoms with Gasteiger partial charge in [0, 0.05) is 13.2 Å². The third-order valence-corrected chi connectivity index (χ3v) is 2.45. The Morgan fingerprint density at radius 1 is 1.39 bits per heavy atom. The Morgan fingerprint density at radius 3 is 2.61 bits per heavy atom. The zero-order chi connectivity index (χ0) is 13.4. The van der Waals surface area contributed by atoms with Crippen molar-refractivity contribution in [2.75, 3.05) is 19.8 Å². The summed E-state index contributed by atoms with van der Waals surface area (Å²) in [5.74, 6) is -0.968. The number of carboxylic acid groups (broad SMARTS) is 1. The molecule has 1 aromatic carbocycles. The molecule has 3 N–H and O–H groups in total. The van der Waals surface area contributed by atoms with Crippen LogP contribution in [0, 0.1) is 0 Å². The summed E-state index contributed by atoms with van der Waals surface area (Å²) in [6, 6.07) is 8.04. The van der Waals surface area contributed by atoms with Crippen molar-refractivity contribution < 1.29 is 19.7 Å². The third-order valence-electron chi connectivity index (χ3n) is 2.45. The molecule has 0 amide bonds. The van der Waals surface area contributed by atoms with E-state index in [-0.39, 0.29) is 13.2 Å². The molecule has 0 heterocycles. The summed E-state index contributed by atoms with van der Waals surface area (Å²) in [7, 11) is 0. The van der Waals surface area contributed by atoms with Crippen molar-refractivity contribution in [3.63, 3.8) is 0 Å². The van der Waals surface area contributed by atoms with Crippen molar-refractivity contribution in [1.29, 1.82) is 0 Å². The topological polar surface area (TPSA) is 78.8 Å². The van der Waals surface area contributed by atoms with Crippen LogP contribution in [0.2, 0.25) is 0 Å². The molecule has 0 spiro atoms. The first-order chi connectivity index (χ1) is 8.65. The van der Waals surface area contributed by atoms with E-state index >= 15 is 0 Å². The van der Waals surface area contributed by atoms with Gasteiger partial charge in [0.25, 0.3) is 0 Å². The molecule has 0 aliphatic rings. The molecule has 1 rings (SSSR count). The Balaban J connectivity index is 2.52. The van der Waals surface area contributed by atoms with Gasteiger partial charge in [-0.1, -0.05) is 30.3 Å². The van der Waals surface area contributed by atoms with E-state index in [1.165, 1.54) is 0 Å². The van der Waals surface area contributed by atoms with Gasteiger partial charge in [-0.15, -0.1) is 0 Å². The molecule has 5 nitrogen and oxygen atoms in total. The molecule has 100 valence electrons. The van der Waals surface area contributed by atoms with E-state index in [0.717, 1.165) is 0 Å². The number of aliphatic carboxylic acids is 1. The number of carbonyl (C=O) groups is 1. The Bertz CT molecular complexity index is 355. The first-order valence-electron chi connectivity index (χ1n) is 5.92. The quantitative estimate of drug-likeness (QED) is 0.638. The van der Waals surface area contributed by atoms with Crippen molar-refractivity contribution in [3.05, 3.63) is 35.9 Å². The van der Waals surface area contributed by atoms with Gasteiger partial charge in [-0.3, -0.25) is 10.1 Å². The van der Waals surface area contributed by atoms with Crippen molar-refractivity contribution in [3.8, 4) is 0 Å². The van der Waals surface area contributed by atoms with Gasteiger partial charge < -0.3 is 14.9 Å². The Hall–Kier alpha value is -1.43. The van der Waals surface area contributed by atoms with Gasteiger partial charge in [0.15, 0.2) is 0 Å². The standard InChI is InChI=1S/C13H19NO4/c1-2-18-9-11(15)8-14-12(13(16)17)10-6-4-3-5-7-10/h3-7,11-12,14-15H,2,8-9H2,1H3,(H,16,17). The highest BCUT2D eigenvalue weighted by Crippen LogP contribution is 2.12. The van der Waals surface area contributed by atoms with Crippen LogP contribution < -0.4 is 5.32 Å². The maximum absolute atomic E-state index is 11.2. The summed E-state index contributed by atoms with van der Waals surface area (Å²) < 4.78 is 5.06. The van der Waals surface area contributed by atoms with Crippen LogP contribution >= 0.6 is 0 Å². The third kappa shape index (κ3) is 4.83. The van der Waals surface area contributed by atoms with Gasteiger partial charge in [-0.05, 0) is 12.5 Å². The number of aliphatic hydroxyl groups excluding tert-OH is 1. The Morgan fingerprint density at radius 2 is 2.06 bits per heavy atom. The van der Waals surface area contributed by atoms with Gasteiger partial charge in [0.1, 0.15) is 6.04 Å². The fraction of sp³-hybridized carbons (Fsp3) is 0.462. The highest BCUT2D eigenvalue weighted by molar-refractivity contribution is 5.75. The largest absolute Gasteiger partial charge is 0.480 e. The number of hydrogen-bond acceptors (Lipinski definition) is 4. The lowest BCUT2D eigenvalue weighted by molar-refractivity contribution is -0.139. The Labute approximate surface area is 106 Å². The van der Waals surface area contributed by atoms with Crippen LogP contribution in [0.4, 0.5) is 0 Å². The molecule has 5 heteroatoms. The number of carboxylic acids is 1. The van der Waals surface area contributed by atoms with Gasteiger partial charge in [0.05, 0.1) is 12.7 Å². The fourth-order valence-corrected chi connectivity index (χ4v) is 1.56. The maximum atomic E-state index is 11.2. The van der Waals surface area contributed by atoms with E-state index in [1.807, 2.05) is 13.0 Å². The second kappa shape index (κ2) is 7.81. The van der Waals surface area contributed by atoms with Crippen LogP contribution in [-0.4, -0.2) is 42.0 Å². The lowest BCUT2D eigenvalue weighted by Gasteiger charge is -2.17. The second-order valence-corrected chi connectivity index (χ2v) is 3.90. The average Bonchev–Trinajstić information content (AvgIpc) is 2.37. The smallest absolute Gasteiger partial charge is 0.325 e.